The number of rotatable bonds is 5. The SMILES string of the molecule is CN/C(=N\C(=N/Cc1ccccc1-n1c2ccccc2c2c3ccccc3c3c4ccccc4oc3c21)c1ccccc1)c1ccccc1. The van der Waals surface area contributed by atoms with Gasteiger partial charge in [-0.2, -0.15) is 0 Å². The van der Waals surface area contributed by atoms with Crippen molar-refractivity contribution >= 4 is 66.2 Å². The maximum atomic E-state index is 6.79. The van der Waals surface area contributed by atoms with Gasteiger partial charge in [-0.05, 0) is 34.5 Å². The Morgan fingerprint density at radius 2 is 1.18 bits per heavy atom. The molecule has 0 bridgehead atoms. The molecule has 0 fully saturated rings. The second kappa shape index (κ2) is 12.0. The lowest BCUT2D eigenvalue weighted by atomic mass is 9.99. The van der Waals surface area contributed by atoms with Crippen molar-refractivity contribution in [1.29, 1.82) is 0 Å². The van der Waals surface area contributed by atoms with Crippen LogP contribution in [0.4, 0.5) is 0 Å². The first-order valence-electron chi connectivity index (χ1n) is 16.6. The molecule has 9 aromatic rings. The largest absolute Gasteiger partial charge is 0.454 e. The standard InChI is InChI=1S/C44H32N4O/c1-45-43(29-16-4-2-5-17-29)47-44(30-18-6-3-7-19-30)46-28-31-20-8-13-25-36(31)48-37-26-14-11-23-34(37)39-32-21-9-10-22-33(32)40-35-24-12-15-27-38(35)49-42(40)41(39)48/h2-27H,28H2,1H3,(H,45,46,47). The highest BCUT2D eigenvalue weighted by Crippen LogP contribution is 2.45. The molecule has 5 heteroatoms. The van der Waals surface area contributed by atoms with Gasteiger partial charge < -0.3 is 14.3 Å². The fourth-order valence-electron chi connectivity index (χ4n) is 7.14. The summed E-state index contributed by atoms with van der Waals surface area (Å²) in [7, 11) is 1.90. The highest BCUT2D eigenvalue weighted by atomic mass is 16.3. The van der Waals surface area contributed by atoms with Crippen LogP contribution in [0.2, 0.25) is 0 Å². The van der Waals surface area contributed by atoms with Gasteiger partial charge in [-0.3, -0.25) is 4.99 Å². The Labute approximate surface area is 283 Å². The van der Waals surface area contributed by atoms with Crippen molar-refractivity contribution in [3.05, 3.63) is 174 Å². The first kappa shape index (κ1) is 28.7. The minimum Gasteiger partial charge on any atom is -0.454 e. The average molecular weight is 633 g/mol. The molecule has 9 rings (SSSR count). The Kier molecular flexibility index (Phi) is 7.02. The molecule has 0 aliphatic heterocycles. The summed E-state index contributed by atoms with van der Waals surface area (Å²) in [6, 6.07) is 54.6. The summed E-state index contributed by atoms with van der Waals surface area (Å²) in [5.41, 5.74) is 8.05. The molecule has 0 aliphatic carbocycles. The highest BCUT2D eigenvalue weighted by molar-refractivity contribution is 6.35. The van der Waals surface area contributed by atoms with Gasteiger partial charge >= 0.3 is 0 Å². The molecule has 2 aromatic heterocycles. The summed E-state index contributed by atoms with van der Waals surface area (Å²) in [4.78, 5) is 10.3. The Morgan fingerprint density at radius 1 is 0.592 bits per heavy atom. The van der Waals surface area contributed by atoms with E-state index in [1.54, 1.807) is 0 Å². The van der Waals surface area contributed by atoms with E-state index in [-0.39, 0.29) is 0 Å². The smallest absolute Gasteiger partial charge is 0.160 e. The summed E-state index contributed by atoms with van der Waals surface area (Å²) >= 11 is 0. The lowest BCUT2D eigenvalue weighted by Gasteiger charge is -2.14. The summed E-state index contributed by atoms with van der Waals surface area (Å²) < 4.78 is 9.16. The van der Waals surface area contributed by atoms with E-state index in [1.807, 2.05) is 49.5 Å². The van der Waals surface area contributed by atoms with Gasteiger partial charge in [0.25, 0.3) is 0 Å². The fraction of sp³-hybridized carbons (Fsp3) is 0.0455. The summed E-state index contributed by atoms with van der Waals surface area (Å²) in [5.74, 6) is 1.43. The number of benzene rings is 7. The van der Waals surface area contributed by atoms with Gasteiger partial charge in [0.05, 0.1) is 23.3 Å². The molecule has 0 aliphatic rings. The lowest BCUT2D eigenvalue weighted by Crippen LogP contribution is -2.21. The molecule has 0 saturated heterocycles. The molecule has 2 heterocycles. The van der Waals surface area contributed by atoms with Crippen molar-refractivity contribution in [1.82, 2.24) is 9.88 Å². The zero-order valence-electron chi connectivity index (χ0n) is 27.0. The maximum absolute atomic E-state index is 6.79. The molecular formula is C44H32N4O. The summed E-state index contributed by atoms with van der Waals surface area (Å²) in [6.07, 6.45) is 0. The van der Waals surface area contributed by atoms with Gasteiger partial charge in [0.1, 0.15) is 11.4 Å². The number of hydrogen-bond donors (Lipinski definition) is 1. The molecular weight excluding hydrogens is 601 g/mol. The van der Waals surface area contributed by atoms with E-state index >= 15 is 0 Å². The number of nitrogens with zero attached hydrogens (tertiary/aromatic N) is 3. The van der Waals surface area contributed by atoms with E-state index in [1.165, 1.54) is 21.5 Å². The van der Waals surface area contributed by atoms with E-state index in [0.29, 0.717) is 12.4 Å². The van der Waals surface area contributed by atoms with Crippen molar-refractivity contribution in [2.75, 3.05) is 7.05 Å². The predicted octanol–water partition coefficient (Wildman–Crippen LogP) is 10.4. The molecule has 0 unspecified atom stereocenters. The van der Waals surface area contributed by atoms with Gasteiger partial charge in [0, 0.05) is 39.7 Å². The number of amidine groups is 2. The van der Waals surface area contributed by atoms with Crippen LogP contribution >= 0.6 is 0 Å². The van der Waals surface area contributed by atoms with Crippen molar-refractivity contribution in [2.24, 2.45) is 9.98 Å². The topological polar surface area (TPSA) is 54.8 Å². The van der Waals surface area contributed by atoms with Crippen LogP contribution < -0.4 is 5.32 Å². The molecule has 5 nitrogen and oxygen atoms in total. The highest BCUT2D eigenvalue weighted by Gasteiger charge is 2.23. The van der Waals surface area contributed by atoms with Gasteiger partial charge in [-0.1, -0.05) is 140 Å². The molecule has 7 aromatic carbocycles. The first-order valence-corrected chi connectivity index (χ1v) is 16.6. The summed E-state index contributed by atoms with van der Waals surface area (Å²) in [5, 5.41) is 10.3. The molecule has 49 heavy (non-hydrogen) atoms. The van der Waals surface area contributed by atoms with E-state index in [4.69, 9.17) is 14.4 Å². The van der Waals surface area contributed by atoms with E-state index in [2.05, 4.69) is 125 Å². The zero-order valence-corrected chi connectivity index (χ0v) is 27.0. The average Bonchev–Trinajstić information content (AvgIpc) is 3.73. The van der Waals surface area contributed by atoms with E-state index in [9.17, 15) is 0 Å². The number of fused-ring (bicyclic) bond motifs is 10. The minimum atomic E-state index is 0.431. The van der Waals surface area contributed by atoms with Crippen LogP contribution in [0.3, 0.4) is 0 Å². The van der Waals surface area contributed by atoms with Gasteiger partial charge in [-0.25, -0.2) is 4.99 Å². The fourth-order valence-corrected chi connectivity index (χ4v) is 7.14. The van der Waals surface area contributed by atoms with Crippen LogP contribution in [-0.2, 0) is 6.54 Å². The van der Waals surface area contributed by atoms with Crippen molar-refractivity contribution < 1.29 is 4.42 Å². The van der Waals surface area contributed by atoms with Crippen molar-refractivity contribution in [2.45, 2.75) is 6.54 Å². The molecule has 0 spiro atoms. The monoisotopic (exact) mass is 632 g/mol. The lowest BCUT2D eigenvalue weighted by molar-refractivity contribution is 0.671. The number of aliphatic imine (C=N–C) groups is 2. The molecule has 0 radical (unpaired) electrons. The molecule has 0 amide bonds. The predicted molar refractivity (Wildman–Crippen MR) is 204 cm³/mol. The molecule has 0 saturated carbocycles. The molecule has 0 atom stereocenters. The van der Waals surface area contributed by atoms with Crippen LogP contribution in [0.5, 0.6) is 0 Å². The van der Waals surface area contributed by atoms with E-state index in [0.717, 1.165) is 61.2 Å². The summed E-state index contributed by atoms with van der Waals surface area (Å²) in [6.45, 7) is 0.431. The number of furan rings is 1. The molecule has 1 N–H and O–H groups in total. The number of para-hydroxylation sites is 3. The third-order valence-electron chi connectivity index (χ3n) is 9.32. The number of hydrogen-bond acceptors (Lipinski definition) is 2. The Hall–Kier alpha value is -6.46. The number of nitrogens with one attached hydrogen (secondary N) is 1. The Balaban J connectivity index is 1.30. The second-order valence-corrected chi connectivity index (χ2v) is 12.1. The van der Waals surface area contributed by atoms with Crippen LogP contribution in [0.15, 0.2) is 172 Å². The van der Waals surface area contributed by atoms with Gasteiger partial charge in [0.15, 0.2) is 11.4 Å². The van der Waals surface area contributed by atoms with Crippen LogP contribution in [0, 0.1) is 0 Å². The maximum Gasteiger partial charge on any atom is 0.160 e. The third-order valence-corrected chi connectivity index (χ3v) is 9.32. The normalized spacial score (nSPS) is 12.5. The van der Waals surface area contributed by atoms with Crippen LogP contribution in [0.25, 0.3) is 60.2 Å². The molecule has 234 valence electrons. The second-order valence-electron chi connectivity index (χ2n) is 12.1. The van der Waals surface area contributed by atoms with E-state index < -0.39 is 0 Å². The van der Waals surface area contributed by atoms with Crippen LogP contribution in [-0.4, -0.2) is 23.3 Å². The first-order chi connectivity index (χ1) is 24.3. The van der Waals surface area contributed by atoms with Gasteiger partial charge in [-0.15, -0.1) is 0 Å². The Morgan fingerprint density at radius 3 is 1.94 bits per heavy atom. The number of aromatic nitrogens is 1. The third kappa shape index (κ3) is 4.78. The van der Waals surface area contributed by atoms with Crippen LogP contribution in [0.1, 0.15) is 16.7 Å². The zero-order chi connectivity index (χ0) is 32.7. The quantitative estimate of drug-likeness (QED) is 0.152. The van der Waals surface area contributed by atoms with Crippen molar-refractivity contribution in [3.63, 3.8) is 0 Å². The Bertz CT molecular complexity index is 2720. The van der Waals surface area contributed by atoms with Gasteiger partial charge in [0.2, 0.25) is 0 Å². The minimum absolute atomic E-state index is 0.431. The van der Waals surface area contributed by atoms with Crippen molar-refractivity contribution in [3.8, 4) is 5.69 Å².